The van der Waals surface area contributed by atoms with Crippen LogP contribution in [0.1, 0.15) is 20.3 Å². The molecule has 2 rings (SSSR count). The van der Waals surface area contributed by atoms with E-state index >= 15 is 0 Å². The van der Waals surface area contributed by atoms with Crippen LogP contribution < -0.4 is 9.47 Å². The van der Waals surface area contributed by atoms with Crippen LogP contribution in [0.25, 0.3) is 0 Å². The lowest BCUT2D eigenvalue weighted by molar-refractivity contribution is -0.134. The topological polar surface area (TPSA) is 38.7 Å². The Bertz CT molecular complexity index is 417. The monoisotopic (exact) mass is 300 g/mol. The molecule has 2 atom stereocenters. The van der Waals surface area contributed by atoms with Crippen LogP contribution in [0.15, 0.2) is 22.7 Å². The van der Waals surface area contributed by atoms with Gasteiger partial charge in [0.1, 0.15) is 17.6 Å². The summed E-state index contributed by atoms with van der Waals surface area (Å²) in [4.78, 5) is 0. The number of aliphatic hydroxyl groups is 1. The van der Waals surface area contributed by atoms with Crippen molar-refractivity contribution in [3.8, 4) is 11.5 Å². The average molecular weight is 301 g/mol. The van der Waals surface area contributed by atoms with E-state index in [1.54, 1.807) is 7.11 Å². The molecule has 0 radical (unpaired) electrons. The first kappa shape index (κ1) is 12.7. The number of rotatable bonds is 3. The van der Waals surface area contributed by atoms with Crippen molar-refractivity contribution in [2.75, 3.05) is 7.11 Å². The highest BCUT2D eigenvalue weighted by atomic mass is 79.9. The molecule has 2 unspecified atom stereocenters. The second-order valence-corrected chi connectivity index (χ2v) is 5.83. The lowest BCUT2D eigenvalue weighted by atomic mass is 9.66. The molecule has 0 bridgehead atoms. The van der Waals surface area contributed by atoms with E-state index in [0.717, 1.165) is 16.0 Å². The summed E-state index contributed by atoms with van der Waals surface area (Å²) in [5.41, 5.74) is -0.181. The number of aliphatic hydroxyl groups excluding tert-OH is 1. The SMILES string of the molecule is COc1ccc(OC2CC(O)C2(C)C)c(Br)c1. The lowest BCUT2D eigenvalue weighted by Crippen LogP contribution is -2.56. The van der Waals surface area contributed by atoms with Crippen molar-refractivity contribution < 1.29 is 14.6 Å². The van der Waals surface area contributed by atoms with Crippen LogP contribution in [0.3, 0.4) is 0 Å². The maximum atomic E-state index is 9.66. The summed E-state index contributed by atoms with van der Waals surface area (Å²) in [5, 5.41) is 9.66. The summed E-state index contributed by atoms with van der Waals surface area (Å²) < 4.78 is 11.9. The van der Waals surface area contributed by atoms with Crippen LogP contribution in [0.4, 0.5) is 0 Å². The summed E-state index contributed by atoms with van der Waals surface area (Å²) in [5.74, 6) is 1.58. The molecule has 0 aromatic heterocycles. The highest BCUT2D eigenvalue weighted by Gasteiger charge is 2.49. The smallest absolute Gasteiger partial charge is 0.134 e. The Hall–Kier alpha value is -0.740. The highest BCUT2D eigenvalue weighted by Crippen LogP contribution is 2.44. The zero-order chi connectivity index (χ0) is 12.6. The minimum atomic E-state index is -0.274. The molecule has 1 aromatic rings. The van der Waals surface area contributed by atoms with Crippen molar-refractivity contribution in [2.24, 2.45) is 5.41 Å². The highest BCUT2D eigenvalue weighted by molar-refractivity contribution is 9.10. The first-order valence-corrected chi connectivity index (χ1v) is 6.42. The van der Waals surface area contributed by atoms with Gasteiger partial charge >= 0.3 is 0 Å². The van der Waals surface area contributed by atoms with Crippen LogP contribution in [0, 0.1) is 5.41 Å². The lowest BCUT2D eigenvalue weighted by Gasteiger charge is -2.48. The van der Waals surface area contributed by atoms with Gasteiger partial charge in [-0.1, -0.05) is 13.8 Å². The van der Waals surface area contributed by atoms with Gasteiger partial charge in [0, 0.05) is 11.8 Å². The van der Waals surface area contributed by atoms with E-state index in [1.807, 2.05) is 32.0 Å². The Morgan fingerprint density at radius 3 is 2.59 bits per heavy atom. The Morgan fingerprint density at radius 1 is 1.41 bits per heavy atom. The van der Waals surface area contributed by atoms with Crippen LogP contribution >= 0.6 is 15.9 Å². The third-order valence-corrected chi connectivity index (χ3v) is 4.15. The Balaban J connectivity index is 2.10. The normalized spacial score (nSPS) is 26.2. The van der Waals surface area contributed by atoms with E-state index < -0.39 is 0 Å². The van der Waals surface area contributed by atoms with Gasteiger partial charge in [-0.15, -0.1) is 0 Å². The van der Waals surface area contributed by atoms with Crippen LogP contribution in [0.2, 0.25) is 0 Å². The molecule has 1 fully saturated rings. The third-order valence-electron chi connectivity index (χ3n) is 3.53. The molecular formula is C13H17BrO3. The van der Waals surface area contributed by atoms with Crippen LogP contribution in [-0.2, 0) is 0 Å². The molecule has 0 saturated heterocycles. The number of ether oxygens (including phenoxy) is 2. The first-order valence-electron chi connectivity index (χ1n) is 5.63. The fraction of sp³-hybridized carbons (Fsp3) is 0.538. The maximum Gasteiger partial charge on any atom is 0.134 e. The Labute approximate surface area is 110 Å². The molecule has 4 heteroatoms. The van der Waals surface area contributed by atoms with Crippen molar-refractivity contribution in [1.29, 1.82) is 0 Å². The number of methoxy groups -OCH3 is 1. The van der Waals surface area contributed by atoms with Gasteiger partial charge in [0.2, 0.25) is 0 Å². The quantitative estimate of drug-likeness (QED) is 0.933. The van der Waals surface area contributed by atoms with Gasteiger partial charge in [-0.05, 0) is 34.1 Å². The molecule has 0 amide bonds. The summed E-state index contributed by atoms with van der Waals surface area (Å²) in [7, 11) is 1.63. The molecule has 94 valence electrons. The Kier molecular flexibility index (Phi) is 3.36. The standard InChI is InChI=1S/C13H17BrO3/c1-13(2)11(15)7-12(13)17-10-5-4-8(16-3)6-9(10)14/h4-6,11-12,15H,7H2,1-3H3. The van der Waals surface area contributed by atoms with Crippen LogP contribution in [-0.4, -0.2) is 24.4 Å². The van der Waals surface area contributed by atoms with Gasteiger partial charge in [-0.2, -0.15) is 0 Å². The van der Waals surface area contributed by atoms with Gasteiger partial charge in [0.05, 0.1) is 17.7 Å². The molecule has 3 nitrogen and oxygen atoms in total. The minimum absolute atomic E-state index is 0.0576. The summed E-state index contributed by atoms with van der Waals surface area (Å²) in [6.45, 7) is 4.03. The van der Waals surface area contributed by atoms with Crippen molar-refractivity contribution in [3.05, 3.63) is 22.7 Å². The second kappa shape index (κ2) is 4.50. The Morgan fingerprint density at radius 2 is 2.12 bits per heavy atom. The van der Waals surface area contributed by atoms with E-state index in [9.17, 15) is 5.11 Å². The molecule has 17 heavy (non-hydrogen) atoms. The van der Waals surface area contributed by atoms with Gasteiger partial charge < -0.3 is 14.6 Å². The van der Waals surface area contributed by atoms with Crippen molar-refractivity contribution in [2.45, 2.75) is 32.5 Å². The summed E-state index contributed by atoms with van der Waals surface area (Å²) >= 11 is 3.45. The van der Waals surface area contributed by atoms with E-state index in [4.69, 9.17) is 9.47 Å². The first-order chi connectivity index (χ1) is 7.95. The molecule has 1 saturated carbocycles. The van der Waals surface area contributed by atoms with Crippen LogP contribution in [0.5, 0.6) is 11.5 Å². The molecule has 0 heterocycles. The largest absolute Gasteiger partial charge is 0.497 e. The zero-order valence-corrected chi connectivity index (χ0v) is 11.8. The van der Waals surface area contributed by atoms with Crippen molar-refractivity contribution in [3.63, 3.8) is 0 Å². The van der Waals surface area contributed by atoms with Gasteiger partial charge in [0.15, 0.2) is 0 Å². The number of hydrogen-bond donors (Lipinski definition) is 1. The van der Waals surface area contributed by atoms with Gasteiger partial charge in [-0.25, -0.2) is 0 Å². The molecule has 1 N–H and O–H groups in total. The average Bonchev–Trinajstić information content (AvgIpc) is 2.30. The van der Waals surface area contributed by atoms with Gasteiger partial charge in [0.25, 0.3) is 0 Å². The molecule has 0 spiro atoms. The second-order valence-electron chi connectivity index (χ2n) is 4.98. The number of hydrogen-bond acceptors (Lipinski definition) is 3. The van der Waals surface area contributed by atoms with E-state index in [1.165, 1.54) is 0 Å². The molecule has 0 aliphatic heterocycles. The van der Waals surface area contributed by atoms with Gasteiger partial charge in [-0.3, -0.25) is 0 Å². The fourth-order valence-electron chi connectivity index (χ4n) is 1.92. The summed E-state index contributed by atoms with van der Waals surface area (Å²) in [6, 6.07) is 5.61. The predicted octanol–water partition coefficient (Wildman–Crippen LogP) is 3.00. The number of halogens is 1. The van der Waals surface area contributed by atoms with E-state index in [2.05, 4.69) is 15.9 Å². The fourth-order valence-corrected chi connectivity index (χ4v) is 2.37. The molecule has 1 aromatic carbocycles. The zero-order valence-electron chi connectivity index (χ0n) is 10.2. The molecule has 1 aliphatic carbocycles. The minimum Gasteiger partial charge on any atom is -0.497 e. The van der Waals surface area contributed by atoms with E-state index in [-0.39, 0.29) is 17.6 Å². The van der Waals surface area contributed by atoms with E-state index in [0.29, 0.717) is 6.42 Å². The van der Waals surface area contributed by atoms with Crippen molar-refractivity contribution >= 4 is 15.9 Å². The third kappa shape index (κ3) is 2.29. The number of benzene rings is 1. The maximum absolute atomic E-state index is 9.66. The summed E-state index contributed by atoms with van der Waals surface area (Å²) in [6.07, 6.45) is 0.470. The van der Waals surface area contributed by atoms with Crippen molar-refractivity contribution in [1.82, 2.24) is 0 Å². The molecular weight excluding hydrogens is 284 g/mol. The predicted molar refractivity (Wildman–Crippen MR) is 69.5 cm³/mol. The molecule has 1 aliphatic rings.